The average molecular weight is 375 g/mol. The zero-order valence-electron chi connectivity index (χ0n) is 15.3. The van der Waals surface area contributed by atoms with E-state index in [0.717, 1.165) is 60.6 Å². The first-order valence-corrected chi connectivity index (χ1v) is 9.25. The molecule has 5 nitrogen and oxygen atoms in total. The normalized spacial score (nSPS) is 16.4. The van der Waals surface area contributed by atoms with E-state index >= 15 is 0 Å². The molecule has 3 heterocycles. The highest BCUT2D eigenvalue weighted by molar-refractivity contribution is 5.86. The highest BCUT2D eigenvalue weighted by atomic mass is 19.3. The van der Waals surface area contributed by atoms with Gasteiger partial charge in [0.05, 0.1) is 24.3 Å². The first kappa shape index (κ1) is 18.0. The third-order valence-corrected chi connectivity index (χ3v) is 4.99. The molecule has 7 heteroatoms. The number of fused-ring (bicyclic) bond motifs is 1. The van der Waals surface area contributed by atoms with E-state index in [9.17, 15) is 8.78 Å². The largest absolute Gasteiger partial charge is 0.490 e. The molecule has 144 valence electrons. The van der Waals surface area contributed by atoms with Crippen LogP contribution in [0, 0.1) is 6.92 Å². The van der Waals surface area contributed by atoms with Crippen molar-refractivity contribution in [2.24, 2.45) is 0 Å². The van der Waals surface area contributed by atoms with E-state index in [-0.39, 0.29) is 12.6 Å². The molecule has 1 aliphatic rings. The molecule has 0 spiro atoms. The van der Waals surface area contributed by atoms with Crippen LogP contribution in [-0.2, 0) is 13.1 Å². The van der Waals surface area contributed by atoms with Gasteiger partial charge < -0.3 is 13.8 Å². The van der Waals surface area contributed by atoms with Crippen molar-refractivity contribution in [1.82, 2.24) is 14.6 Å². The van der Waals surface area contributed by atoms with Crippen molar-refractivity contribution in [2.45, 2.75) is 45.4 Å². The van der Waals surface area contributed by atoms with E-state index < -0.39 is 6.43 Å². The predicted molar refractivity (Wildman–Crippen MR) is 98.1 cm³/mol. The lowest BCUT2D eigenvalue weighted by molar-refractivity contribution is 0.0925. The zero-order chi connectivity index (χ0) is 18.8. The summed E-state index contributed by atoms with van der Waals surface area (Å²) in [5.41, 5.74) is 1.68. The van der Waals surface area contributed by atoms with Gasteiger partial charge in [-0.05, 0) is 38.0 Å². The first-order valence-electron chi connectivity index (χ1n) is 9.25. The average Bonchev–Trinajstić information content (AvgIpc) is 3.23. The van der Waals surface area contributed by atoms with Gasteiger partial charge in [-0.15, -0.1) is 0 Å². The predicted octanol–water partition coefficient (Wildman–Crippen LogP) is 4.25. The Balaban J connectivity index is 1.38. The van der Waals surface area contributed by atoms with E-state index in [0.29, 0.717) is 0 Å². The van der Waals surface area contributed by atoms with Gasteiger partial charge >= 0.3 is 0 Å². The number of aryl methyl sites for hydroxylation is 1. The molecule has 1 aliphatic heterocycles. The number of rotatable bonds is 6. The van der Waals surface area contributed by atoms with Crippen molar-refractivity contribution < 1.29 is 18.0 Å². The van der Waals surface area contributed by atoms with Crippen molar-refractivity contribution in [3.8, 4) is 5.75 Å². The number of halogens is 2. The summed E-state index contributed by atoms with van der Waals surface area (Å²) in [6.07, 6.45) is 1.29. The van der Waals surface area contributed by atoms with Crippen LogP contribution in [0.15, 0.2) is 41.1 Å². The lowest BCUT2D eigenvalue weighted by Gasteiger charge is -2.31. The van der Waals surface area contributed by atoms with Crippen LogP contribution in [0.5, 0.6) is 5.75 Å². The van der Waals surface area contributed by atoms with E-state index in [1.54, 1.807) is 10.8 Å². The molecule has 1 aromatic carbocycles. The Kier molecular flexibility index (Phi) is 5.11. The highest BCUT2D eigenvalue weighted by Gasteiger charge is 2.22. The van der Waals surface area contributed by atoms with E-state index in [1.165, 1.54) is 0 Å². The molecule has 1 fully saturated rings. The lowest BCUT2D eigenvalue weighted by Crippen LogP contribution is -2.37. The minimum atomic E-state index is -2.37. The highest BCUT2D eigenvalue weighted by Crippen LogP contribution is 2.29. The van der Waals surface area contributed by atoms with Gasteiger partial charge in [-0.25, -0.2) is 8.78 Å². The fourth-order valence-electron chi connectivity index (χ4n) is 3.68. The first-order chi connectivity index (χ1) is 13.1. The standard InChI is InChI=1S/C20H23F2N3O2/c1-14-11-16(27-23-14)12-24-8-5-15(6-9-24)26-19-4-2-3-18-17(19)7-10-25(18)13-20(21)22/h2-4,7,10-11,15,20H,5-6,8-9,12-13H2,1H3. The van der Waals surface area contributed by atoms with Crippen LogP contribution in [0.1, 0.15) is 24.3 Å². The number of benzene rings is 1. The fourth-order valence-corrected chi connectivity index (χ4v) is 3.68. The molecular formula is C20H23F2N3O2. The van der Waals surface area contributed by atoms with Gasteiger partial charge in [-0.3, -0.25) is 4.90 Å². The lowest BCUT2D eigenvalue weighted by atomic mass is 10.1. The monoisotopic (exact) mass is 375 g/mol. The number of likely N-dealkylation sites (tertiary alicyclic amines) is 1. The molecule has 0 radical (unpaired) electrons. The Labute approximate surface area is 156 Å². The summed E-state index contributed by atoms with van der Waals surface area (Å²) in [5, 5.41) is 4.81. The molecule has 0 amide bonds. The van der Waals surface area contributed by atoms with E-state index in [4.69, 9.17) is 9.26 Å². The number of piperidine rings is 1. The number of ether oxygens (including phenoxy) is 1. The quantitative estimate of drug-likeness (QED) is 0.646. The van der Waals surface area contributed by atoms with Crippen molar-refractivity contribution in [2.75, 3.05) is 13.1 Å². The molecule has 0 unspecified atom stereocenters. The Bertz CT molecular complexity index is 898. The second-order valence-corrected chi connectivity index (χ2v) is 7.08. The van der Waals surface area contributed by atoms with Crippen LogP contribution in [0.2, 0.25) is 0 Å². The molecule has 0 bridgehead atoms. The minimum absolute atomic E-state index is 0.127. The molecule has 0 atom stereocenters. The maximum Gasteiger partial charge on any atom is 0.256 e. The van der Waals surface area contributed by atoms with E-state index in [2.05, 4.69) is 10.1 Å². The Hall–Kier alpha value is -2.41. The molecule has 0 aliphatic carbocycles. The van der Waals surface area contributed by atoms with Gasteiger partial charge in [0, 0.05) is 30.7 Å². The second kappa shape index (κ2) is 7.68. The van der Waals surface area contributed by atoms with Crippen molar-refractivity contribution in [1.29, 1.82) is 0 Å². The third-order valence-electron chi connectivity index (χ3n) is 4.99. The smallest absolute Gasteiger partial charge is 0.256 e. The van der Waals surface area contributed by atoms with Gasteiger partial charge in [0.1, 0.15) is 11.9 Å². The van der Waals surface area contributed by atoms with Gasteiger partial charge in [0.15, 0.2) is 5.76 Å². The van der Waals surface area contributed by atoms with Gasteiger partial charge in [-0.2, -0.15) is 0 Å². The number of aromatic nitrogens is 2. The minimum Gasteiger partial charge on any atom is -0.490 e. The van der Waals surface area contributed by atoms with Crippen molar-refractivity contribution >= 4 is 10.9 Å². The summed E-state index contributed by atoms with van der Waals surface area (Å²) in [6.45, 7) is 4.23. The maximum atomic E-state index is 12.7. The Morgan fingerprint density at radius 1 is 1.26 bits per heavy atom. The summed E-state index contributed by atoms with van der Waals surface area (Å²) in [6, 6.07) is 9.45. The zero-order valence-corrected chi connectivity index (χ0v) is 15.3. The Morgan fingerprint density at radius 3 is 2.78 bits per heavy atom. The van der Waals surface area contributed by atoms with Crippen molar-refractivity contribution in [3.63, 3.8) is 0 Å². The molecule has 0 N–H and O–H groups in total. The van der Waals surface area contributed by atoms with Crippen LogP contribution >= 0.6 is 0 Å². The number of nitrogens with zero attached hydrogens (tertiary/aromatic N) is 3. The SMILES string of the molecule is Cc1cc(CN2CCC(Oc3cccc4c3ccn4CC(F)F)CC2)on1. The fraction of sp³-hybridized carbons (Fsp3) is 0.450. The van der Waals surface area contributed by atoms with Crippen LogP contribution in [0.3, 0.4) is 0 Å². The number of hydrogen-bond acceptors (Lipinski definition) is 4. The van der Waals surface area contributed by atoms with Crippen LogP contribution in [-0.4, -0.2) is 40.2 Å². The third kappa shape index (κ3) is 4.13. The molecular weight excluding hydrogens is 352 g/mol. The van der Waals surface area contributed by atoms with Gasteiger partial charge in [0.25, 0.3) is 6.43 Å². The maximum absolute atomic E-state index is 12.7. The molecule has 1 saturated heterocycles. The van der Waals surface area contributed by atoms with Crippen molar-refractivity contribution in [3.05, 3.63) is 48.0 Å². The second-order valence-electron chi connectivity index (χ2n) is 7.08. The summed E-state index contributed by atoms with van der Waals surface area (Å²) in [4.78, 5) is 2.33. The summed E-state index contributed by atoms with van der Waals surface area (Å²) < 4.78 is 38.5. The van der Waals surface area contributed by atoms with Crippen LogP contribution < -0.4 is 4.74 Å². The molecule has 0 saturated carbocycles. The number of hydrogen-bond donors (Lipinski definition) is 0. The molecule has 27 heavy (non-hydrogen) atoms. The van der Waals surface area contributed by atoms with Gasteiger partial charge in [-0.1, -0.05) is 11.2 Å². The summed E-state index contributed by atoms with van der Waals surface area (Å²) >= 11 is 0. The van der Waals surface area contributed by atoms with Gasteiger partial charge in [0.2, 0.25) is 0 Å². The van der Waals surface area contributed by atoms with E-state index in [1.807, 2.05) is 37.3 Å². The number of alkyl halides is 2. The molecule has 2 aromatic heterocycles. The summed E-state index contributed by atoms with van der Waals surface area (Å²) in [7, 11) is 0. The van der Waals surface area contributed by atoms with Crippen LogP contribution in [0.4, 0.5) is 8.78 Å². The molecule has 3 aromatic rings. The summed E-state index contributed by atoms with van der Waals surface area (Å²) in [5.74, 6) is 1.65. The Morgan fingerprint density at radius 2 is 2.07 bits per heavy atom. The molecule has 4 rings (SSSR count). The topological polar surface area (TPSA) is 43.4 Å². The van der Waals surface area contributed by atoms with Crippen LogP contribution in [0.25, 0.3) is 10.9 Å².